The van der Waals surface area contributed by atoms with Crippen LogP contribution in [-0.2, 0) is 4.74 Å². The van der Waals surface area contributed by atoms with E-state index in [1.54, 1.807) is 0 Å². The van der Waals surface area contributed by atoms with Crippen LogP contribution in [0, 0.1) is 10.1 Å². The molecule has 0 amide bonds. The fraction of sp³-hybridized carbons (Fsp3) is 0.533. The van der Waals surface area contributed by atoms with E-state index in [1.807, 2.05) is 0 Å². The molecule has 0 aromatic heterocycles. The Labute approximate surface area is 138 Å². The van der Waals surface area contributed by atoms with Crippen LogP contribution < -0.4 is 9.47 Å². The lowest BCUT2D eigenvalue weighted by Crippen LogP contribution is -2.37. The second-order valence-electron chi connectivity index (χ2n) is 5.24. The van der Waals surface area contributed by atoms with Crippen LogP contribution in [0.25, 0.3) is 0 Å². The van der Waals surface area contributed by atoms with Gasteiger partial charge in [-0.1, -0.05) is 0 Å². The minimum absolute atomic E-state index is 0.157. The van der Waals surface area contributed by atoms with Gasteiger partial charge in [0.1, 0.15) is 5.56 Å². The highest BCUT2D eigenvalue weighted by Crippen LogP contribution is 2.34. The number of nitro benzene ring substituents is 1. The summed E-state index contributed by atoms with van der Waals surface area (Å²) in [5.41, 5.74) is -0.955. The number of nitro groups is 1. The average Bonchev–Trinajstić information content (AvgIpc) is 2.58. The van der Waals surface area contributed by atoms with Crippen molar-refractivity contribution < 1.29 is 29.0 Å². The predicted octanol–water partition coefficient (Wildman–Crippen LogP) is 1.40. The van der Waals surface area contributed by atoms with Crippen LogP contribution in [0.3, 0.4) is 0 Å². The summed E-state index contributed by atoms with van der Waals surface area (Å²) in [6.07, 6.45) is 0.734. The van der Waals surface area contributed by atoms with Gasteiger partial charge in [0, 0.05) is 25.7 Å². The number of ether oxygens (including phenoxy) is 3. The molecule has 1 saturated heterocycles. The first kappa shape index (κ1) is 18.0. The highest BCUT2D eigenvalue weighted by molar-refractivity contribution is 5.93. The lowest BCUT2D eigenvalue weighted by molar-refractivity contribution is -0.385. The van der Waals surface area contributed by atoms with Crippen molar-refractivity contribution in [3.8, 4) is 11.5 Å². The lowest BCUT2D eigenvalue weighted by atomic mass is 10.1. The Hall–Kier alpha value is -2.39. The van der Waals surface area contributed by atoms with Gasteiger partial charge >= 0.3 is 5.97 Å². The van der Waals surface area contributed by atoms with Crippen LogP contribution in [0.2, 0.25) is 0 Å². The van der Waals surface area contributed by atoms with E-state index in [0.29, 0.717) is 6.61 Å². The van der Waals surface area contributed by atoms with E-state index in [0.717, 1.165) is 51.4 Å². The fourth-order valence-electron chi connectivity index (χ4n) is 2.44. The van der Waals surface area contributed by atoms with Gasteiger partial charge in [-0.3, -0.25) is 15.0 Å². The van der Waals surface area contributed by atoms with Gasteiger partial charge in [-0.05, 0) is 6.42 Å². The maximum absolute atomic E-state index is 11.1. The molecule has 0 unspecified atom stereocenters. The number of nitrogens with zero attached hydrogens (tertiary/aromatic N) is 2. The summed E-state index contributed by atoms with van der Waals surface area (Å²) in [4.78, 5) is 23.7. The molecule has 0 aliphatic carbocycles. The highest BCUT2D eigenvalue weighted by Gasteiger charge is 2.24. The summed E-state index contributed by atoms with van der Waals surface area (Å²) in [6, 6.07) is 2.20. The number of hydrogen-bond acceptors (Lipinski definition) is 7. The maximum atomic E-state index is 11.1. The van der Waals surface area contributed by atoms with Gasteiger partial charge < -0.3 is 19.3 Å². The van der Waals surface area contributed by atoms with Crippen LogP contribution in [0.1, 0.15) is 16.8 Å². The topological polar surface area (TPSA) is 111 Å². The van der Waals surface area contributed by atoms with Crippen molar-refractivity contribution in [2.75, 3.05) is 46.6 Å². The van der Waals surface area contributed by atoms with Gasteiger partial charge in [-0.25, -0.2) is 4.79 Å². The van der Waals surface area contributed by atoms with E-state index < -0.39 is 22.1 Å². The number of morpholine rings is 1. The summed E-state index contributed by atoms with van der Waals surface area (Å²) in [5.74, 6) is -1.07. The Kier molecular flexibility index (Phi) is 6.33. The molecular formula is C15H20N2O7. The van der Waals surface area contributed by atoms with Crippen LogP contribution in [0.4, 0.5) is 5.69 Å². The molecule has 1 heterocycles. The maximum Gasteiger partial charge on any atom is 0.342 e. The number of hydrogen-bond donors (Lipinski definition) is 1. The van der Waals surface area contributed by atoms with Crippen molar-refractivity contribution in [2.45, 2.75) is 6.42 Å². The predicted molar refractivity (Wildman–Crippen MR) is 84.0 cm³/mol. The fourth-order valence-corrected chi connectivity index (χ4v) is 2.44. The summed E-state index contributed by atoms with van der Waals surface area (Å²) in [5, 5.41) is 20.1. The van der Waals surface area contributed by atoms with Crippen LogP contribution >= 0.6 is 0 Å². The summed E-state index contributed by atoms with van der Waals surface area (Å²) >= 11 is 0. The number of rotatable bonds is 8. The molecule has 1 aliphatic heterocycles. The number of carboxylic acids is 1. The molecule has 1 N–H and O–H groups in total. The molecule has 0 atom stereocenters. The molecule has 1 aliphatic rings. The molecule has 24 heavy (non-hydrogen) atoms. The minimum Gasteiger partial charge on any atom is -0.493 e. The molecule has 1 aromatic carbocycles. The first-order valence-corrected chi connectivity index (χ1v) is 7.55. The number of aromatic carboxylic acids is 1. The van der Waals surface area contributed by atoms with Crippen molar-refractivity contribution in [1.29, 1.82) is 0 Å². The van der Waals surface area contributed by atoms with Crippen molar-refractivity contribution in [3.05, 3.63) is 27.8 Å². The Balaban J connectivity index is 2.01. The van der Waals surface area contributed by atoms with Crippen LogP contribution in [0.5, 0.6) is 11.5 Å². The van der Waals surface area contributed by atoms with Crippen molar-refractivity contribution >= 4 is 11.7 Å². The lowest BCUT2D eigenvalue weighted by Gasteiger charge is -2.26. The van der Waals surface area contributed by atoms with Crippen LogP contribution in [0.15, 0.2) is 12.1 Å². The van der Waals surface area contributed by atoms with Crippen LogP contribution in [-0.4, -0.2) is 67.5 Å². The monoisotopic (exact) mass is 340 g/mol. The number of benzene rings is 1. The van der Waals surface area contributed by atoms with Gasteiger partial charge in [-0.2, -0.15) is 0 Å². The largest absolute Gasteiger partial charge is 0.493 e. The minimum atomic E-state index is -1.39. The summed E-state index contributed by atoms with van der Waals surface area (Å²) in [6.45, 7) is 4.37. The highest BCUT2D eigenvalue weighted by atomic mass is 16.6. The molecule has 0 spiro atoms. The Morgan fingerprint density at radius 1 is 1.38 bits per heavy atom. The number of carboxylic acid groups (broad SMARTS) is 1. The number of carbonyl (C=O) groups is 1. The van der Waals surface area contributed by atoms with Gasteiger partial charge in [0.15, 0.2) is 11.5 Å². The third-order valence-corrected chi connectivity index (χ3v) is 3.69. The molecule has 132 valence electrons. The molecule has 0 saturated carbocycles. The quantitative estimate of drug-likeness (QED) is 0.429. The van der Waals surface area contributed by atoms with Crippen molar-refractivity contribution in [1.82, 2.24) is 4.90 Å². The van der Waals surface area contributed by atoms with Gasteiger partial charge in [-0.15, -0.1) is 0 Å². The molecule has 0 radical (unpaired) electrons. The van der Waals surface area contributed by atoms with E-state index in [2.05, 4.69) is 4.90 Å². The van der Waals surface area contributed by atoms with Crippen molar-refractivity contribution in [2.24, 2.45) is 0 Å². The SMILES string of the molecule is COc1cc(C(=O)O)c([N+](=O)[O-])cc1OCCCN1CCOCC1. The smallest absolute Gasteiger partial charge is 0.342 e. The molecule has 9 nitrogen and oxygen atoms in total. The molecule has 9 heteroatoms. The van der Waals surface area contributed by atoms with E-state index in [-0.39, 0.29) is 11.5 Å². The van der Waals surface area contributed by atoms with E-state index in [9.17, 15) is 14.9 Å². The first-order chi connectivity index (χ1) is 11.5. The van der Waals surface area contributed by atoms with Crippen molar-refractivity contribution in [3.63, 3.8) is 0 Å². The second-order valence-corrected chi connectivity index (χ2v) is 5.24. The molecule has 0 bridgehead atoms. The Bertz CT molecular complexity index is 600. The standard InChI is InChI=1S/C15H20N2O7/c1-22-13-9-11(15(18)19)12(17(20)21)10-14(13)24-6-2-3-16-4-7-23-8-5-16/h9-10H,2-8H2,1H3,(H,18,19). The molecule has 1 aromatic rings. The normalized spacial score (nSPS) is 15.0. The zero-order valence-electron chi connectivity index (χ0n) is 13.4. The zero-order chi connectivity index (χ0) is 17.5. The first-order valence-electron chi connectivity index (χ1n) is 7.55. The van der Waals surface area contributed by atoms with E-state index in [4.69, 9.17) is 19.3 Å². The van der Waals surface area contributed by atoms with Gasteiger partial charge in [0.05, 0.1) is 37.9 Å². The second kappa shape index (κ2) is 8.46. The Morgan fingerprint density at radius 2 is 2.08 bits per heavy atom. The molecule has 1 fully saturated rings. The Morgan fingerprint density at radius 3 is 2.67 bits per heavy atom. The van der Waals surface area contributed by atoms with E-state index >= 15 is 0 Å². The van der Waals surface area contributed by atoms with Gasteiger partial charge in [0.2, 0.25) is 0 Å². The summed E-state index contributed by atoms with van der Waals surface area (Å²) in [7, 11) is 1.35. The van der Waals surface area contributed by atoms with E-state index in [1.165, 1.54) is 7.11 Å². The third kappa shape index (κ3) is 4.56. The molecule has 2 rings (SSSR count). The zero-order valence-corrected chi connectivity index (χ0v) is 13.4. The molecular weight excluding hydrogens is 320 g/mol. The number of methoxy groups -OCH3 is 1. The summed E-state index contributed by atoms with van der Waals surface area (Å²) < 4.78 is 15.9. The third-order valence-electron chi connectivity index (χ3n) is 3.69. The average molecular weight is 340 g/mol. The van der Waals surface area contributed by atoms with Gasteiger partial charge in [0.25, 0.3) is 5.69 Å².